The molecular formula is C10H11ClN4O2. The fourth-order valence-corrected chi connectivity index (χ4v) is 1.48. The van der Waals surface area contributed by atoms with Crippen LogP contribution in [-0.2, 0) is 0 Å². The summed E-state index contributed by atoms with van der Waals surface area (Å²) in [5.41, 5.74) is 0.0737. The van der Waals surface area contributed by atoms with Crippen molar-refractivity contribution in [3.63, 3.8) is 0 Å². The van der Waals surface area contributed by atoms with Crippen LogP contribution in [0.2, 0.25) is 5.28 Å². The summed E-state index contributed by atoms with van der Waals surface area (Å²) < 4.78 is 0. The third-order valence-corrected chi connectivity index (χ3v) is 2.17. The molecule has 0 atom stereocenters. The maximum Gasteiger partial charge on any atom is 0.332 e. The number of hydrogen-bond acceptors (Lipinski definition) is 5. The van der Waals surface area contributed by atoms with Gasteiger partial charge in [0.1, 0.15) is 5.69 Å². The Balaban J connectivity index is 2.89. The lowest BCUT2D eigenvalue weighted by atomic mass is 10.3. The molecule has 0 spiro atoms. The lowest BCUT2D eigenvalue weighted by Gasteiger charge is -2.06. The number of unbranched alkanes of at least 4 members (excludes halogenated alkanes) is 1. The second-order valence-electron chi connectivity index (χ2n) is 3.27. The summed E-state index contributed by atoms with van der Waals surface area (Å²) >= 11 is 5.65. The molecule has 0 bridgehead atoms. The van der Waals surface area contributed by atoms with Gasteiger partial charge < -0.3 is 5.32 Å². The molecule has 0 aliphatic rings. The van der Waals surface area contributed by atoms with E-state index in [4.69, 9.17) is 18.0 Å². The largest absolute Gasteiger partial charge is 0.364 e. The molecule has 0 aliphatic carbocycles. The molecule has 0 saturated carbocycles. The molecule has 6 nitrogen and oxygen atoms in total. The minimum Gasteiger partial charge on any atom is -0.364 e. The standard InChI is InChI=1S/C10H11ClN4O2/c1-3-4-5-6-12-9-8(15(16)17)7(2)13-10(11)14-9/h1H,4-6H2,2H3,(H,12,13,14). The van der Waals surface area contributed by atoms with Gasteiger partial charge in [0, 0.05) is 13.0 Å². The number of rotatable bonds is 5. The number of hydrogen-bond donors (Lipinski definition) is 1. The van der Waals surface area contributed by atoms with Gasteiger partial charge in [-0.05, 0) is 24.9 Å². The highest BCUT2D eigenvalue weighted by Crippen LogP contribution is 2.26. The number of terminal acetylenes is 1. The molecule has 90 valence electrons. The van der Waals surface area contributed by atoms with Crippen LogP contribution in [-0.4, -0.2) is 21.4 Å². The van der Waals surface area contributed by atoms with E-state index in [2.05, 4.69) is 21.2 Å². The zero-order valence-electron chi connectivity index (χ0n) is 9.23. The van der Waals surface area contributed by atoms with E-state index < -0.39 is 4.92 Å². The van der Waals surface area contributed by atoms with Crippen LogP contribution in [0.5, 0.6) is 0 Å². The van der Waals surface area contributed by atoms with Gasteiger partial charge >= 0.3 is 5.69 Å². The molecule has 17 heavy (non-hydrogen) atoms. The Morgan fingerprint density at radius 3 is 2.88 bits per heavy atom. The van der Waals surface area contributed by atoms with Gasteiger partial charge in [-0.3, -0.25) is 10.1 Å². The van der Waals surface area contributed by atoms with Crippen LogP contribution in [0.4, 0.5) is 11.5 Å². The molecule has 1 heterocycles. The zero-order valence-corrected chi connectivity index (χ0v) is 9.99. The van der Waals surface area contributed by atoms with Crippen molar-refractivity contribution >= 4 is 23.1 Å². The number of anilines is 1. The average Bonchev–Trinajstić information content (AvgIpc) is 2.22. The normalized spacial score (nSPS) is 9.71. The van der Waals surface area contributed by atoms with E-state index in [0.29, 0.717) is 19.4 Å². The highest BCUT2D eigenvalue weighted by atomic mass is 35.5. The van der Waals surface area contributed by atoms with Crippen molar-refractivity contribution in [1.82, 2.24) is 9.97 Å². The van der Waals surface area contributed by atoms with Crippen LogP contribution >= 0.6 is 11.6 Å². The summed E-state index contributed by atoms with van der Waals surface area (Å²) in [4.78, 5) is 17.9. The second-order valence-corrected chi connectivity index (χ2v) is 3.60. The van der Waals surface area contributed by atoms with E-state index in [1.807, 2.05) is 0 Å². The lowest BCUT2D eigenvalue weighted by Crippen LogP contribution is -2.08. The highest BCUT2D eigenvalue weighted by Gasteiger charge is 2.21. The minimum atomic E-state index is -0.533. The van der Waals surface area contributed by atoms with Gasteiger partial charge in [-0.15, -0.1) is 12.3 Å². The van der Waals surface area contributed by atoms with Gasteiger partial charge in [0.05, 0.1) is 4.92 Å². The van der Waals surface area contributed by atoms with Gasteiger partial charge in [-0.2, -0.15) is 4.98 Å². The summed E-state index contributed by atoms with van der Waals surface area (Å²) in [6.07, 6.45) is 6.40. The molecule has 1 rings (SSSR count). The first kappa shape index (κ1) is 13.2. The Bertz CT molecular complexity index is 470. The van der Waals surface area contributed by atoms with Crippen LogP contribution in [0, 0.1) is 29.4 Å². The molecule has 0 unspecified atom stereocenters. The Morgan fingerprint density at radius 2 is 2.29 bits per heavy atom. The summed E-state index contributed by atoms with van der Waals surface area (Å²) in [5, 5.41) is 13.7. The molecule has 7 heteroatoms. The molecule has 1 N–H and O–H groups in total. The fourth-order valence-electron chi connectivity index (χ4n) is 1.27. The van der Waals surface area contributed by atoms with Crippen molar-refractivity contribution in [3.8, 4) is 12.3 Å². The highest BCUT2D eigenvalue weighted by molar-refractivity contribution is 6.28. The van der Waals surface area contributed by atoms with Gasteiger partial charge in [-0.25, -0.2) is 4.98 Å². The summed E-state index contributed by atoms with van der Waals surface area (Å²) in [7, 11) is 0. The Morgan fingerprint density at radius 1 is 1.59 bits per heavy atom. The van der Waals surface area contributed by atoms with Crippen molar-refractivity contribution < 1.29 is 4.92 Å². The predicted molar refractivity (Wildman–Crippen MR) is 65.0 cm³/mol. The fraction of sp³-hybridized carbons (Fsp3) is 0.400. The number of halogens is 1. The summed E-state index contributed by atoms with van der Waals surface area (Å²) in [6, 6.07) is 0. The molecule has 0 aliphatic heterocycles. The van der Waals surface area contributed by atoms with Gasteiger partial charge in [-0.1, -0.05) is 0 Å². The van der Waals surface area contributed by atoms with E-state index in [9.17, 15) is 10.1 Å². The number of nitro groups is 1. The van der Waals surface area contributed by atoms with Crippen LogP contribution in [0.15, 0.2) is 0 Å². The van der Waals surface area contributed by atoms with Gasteiger partial charge in [0.2, 0.25) is 11.1 Å². The van der Waals surface area contributed by atoms with E-state index in [-0.39, 0.29) is 22.5 Å². The zero-order chi connectivity index (χ0) is 12.8. The van der Waals surface area contributed by atoms with Gasteiger partial charge in [0.15, 0.2) is 0 Å². The molecule has 1 aromatic heterocycles. The van der Waals surface area contributed by atoms with Crippen LogP contribution in [0.3, 0.4) is 0 Å². The SMILES string of the molecule is C#CCCCNc1nc(Cl)nc(C)c1[N+](=O)[O-]. The average molecular weight is 255 g/mol. The maximum atomic E-state index is 10.9. The lowest BCUT2D eigenvalue weighted by molar-refractivity contribution is -0.385. The first-order chi connectivity index (χ1) is 8.06. The third-order valence-electron chi connectivity index (χ3n) is 2.00. The van der Waals surface area contributed by atoms with Crippen molar-refractivity contribution in [2.75, 3.05) is 11.9 Å². The van der Waals surface area contributed by atoms with Crippen LogP contribution in [0.1, 0.15) is 18.5 Å². The molecule has 0 amide bonds. The quantitative estimate of drug-likeness (QED) is 0.286. The second kappa shape index (κ2) is 6.01. The Hall–Kier alpha value is -1.87. The number of aromatic nitrogens is 2. The number of nitrogens with one attached hydrogen (secondary N) is 1. The molecule has 0 radical (unpaired) electrons. The molecule has 0 aromatic carbocycles. The van der Waals surface area contributed by atoms with Crippen molar-refractivity contribution in [3.05, 3.63) is 21.1 Å². The third kappa shape index (κ3) is 3.57. The summed E-state index contributed by atoms with van der Waals surface area (Å²) in [5.74, 6) is 2.61. The van der Waals surface area contributed by atoms with Crippen molar-refractivity contribution in [1.29, 1.82) is 0 Å². The first-order valence-electron chi connectivity index (χ1n) is 4.92. The Kier molecular flexibility index (Phi) is 4.67. The number of nitrogens with zero attached hydrogens (tertiary/aromatic N) is 3. The van der Waals surface area contributed by atoms with E-state index >= 15 is 0 Å². The first-order valence-corrected chi connectivity index (χ1v) is 5.30. The maximum absolute atomic E-state index is 10.9. The molecule has 0 saturated heterocycles. The van der Waals surface area contributed by atoms with Crippen LogP contribution < -0.4 is 5.32 Å². The van der Waals surface area contributed by atoms with Crippen LogP contribution in [0.25, 0.3) is 0 Å². The van der Waals surface area contributed by atoms with Crippen molar-refractivity contribution in [2.24, 2.45) is 0 Å². The van der Waals surface area contributed by atoms with E-state index in [0.717, 1.165) is 0 Å². The number of aryl methyl sites for hydroxylation is 1. The van der Waals surface area contributed by atoms with E-state index in [1.54, 1.807) is 0 Å². The van der Waals surface area contributed by atoms with Gasteiger partial charge in [0.25, 0.3) is 0 Å². The van der Waals surface area contributed by atoms with Crippen molar-refractivity contribution in [2.45, 2.75) is 19.8 Å². The predicted octanol–water partition coefficient (Wildman–Crippen LogP) is 2.17. The summed E-state index contributed by atoms with van der Waals surface area (Å²) in [6.45, 7) is 2.01. The monoisotopic (exact) mass is 254 g/mol. The molecular weight excluding hydrogens is 244 g/mol. The molecule has 1 aromatic rings. The molecule has 0 fully saturated rings. The minimum absolute atomic E-state index is 0.0208. The smallest absolute Gasteiger partial charge is 0.332 e. The van der Waals surface area contributed by atoms with E-state index in [1.165, 1.54) is 6.92 Å². The topological polar surface area (TPSA) is 81.0 Å². The Labute approximate surface area is 104 Å².